The molecule has 0 fully saturated rings. The number of hydrogen-bond donors (Lipinski definition) is 2. The van der Waals surface area contributed by atoms with Crippen molar-refractivity contribution in [2.24, 2.45) is 0 Å². The van der Waals surface area contributed by atoms with Gasteiger partial charge in [-0.15, -0.1) is 11.6 Å². The summed E-state index contributed by atoms with van der Waals surface area (Å²) in [5.41, 5.74) is 4.76. The second-order valence-electron chi connectivity index (χ2n) is 4.58. The molecule has 0 aliphatic heterocycles. The molecule has 0 aliphatic carbocycles. The van der Waals surface area contributed by atoms with Crippen LogP contribution in [0.25, 0.3) is 0 Å². The van der Waals surface area contributed by atoms with Crippen LogP contribution in [0.1, 0.15) is 16.7 Å². The summed E-state index contributed by atoms with van der Waals surface area (Å²) in [6, 6.07) is 11.7. The van der Waals surface area contributed by atoms with Crippen LogP contribution >= 0.6 is 11.6 Å². The van der Waals surface area contributed by atoms with Crippen molar-refractivity contribution < 1.29 is 9.94 Å². The Morgan fingerprint density at radius 1 is 1.25 bits per heavy atom. The van der Waals surface area contributed by atoms with Gasteiger partial charge in [0.2, 0.25) is 5.88 Å². The second kappa shape index (κ2) is 7.24. The topological polar surface area (TPSA) is 54.4 Å². The standard InChI is InChI=1S/C15H17ClN2O2/c1-11-6-7-17-15(8-11)20-10-13-4-2-12(3-5-13)9-14(16)18-19/h2-8,14,18-19H,9-10H2,1H3. The van der Waals surface area contributed by atoms with Gasteiger partial charge >= 0.3 is 0 Å². The SMILES string of the molecule is Cc1ccnc(OCc2ccc(CC(Cl)NO)cc2)c1. The highest BCUT2D eigenvalue weighted by molar-refractivity contribution is 6.20. The minimum absolute atomic E-state index is 0.472. The van der Waals surface area contributed by atoms with Gasteiger partial charge in [0.05, 0.1) is 0 Å². The largest absolute Gasteiger partial charge is 0.473 e. The van der Waals surface area contributed by atoms with E-state index in [0.717, 1.165) is 16.7 Å². The van der Waals surface area contributed by atoms with E-state index in [2.05, 4.69) is 4.98 Å². The molecule has 1 aromatic carbocycles. The number of halogens is 1. The molecule has 2 rings (SSSR count). The zero-order chi connectivity index (χ0) is 14.4. The van der Waals surface area contributed by atoms with Gasteiger partial charge in [0.15, 0.2) is 0 Å². The monoisotopic (exact) mass is 292 g/mol. The van der Waals surface area contributed by atoms with Crippen LogP contribution in [-0.4, -0.2) is 15.7 Å². The maximum Gasteiger partial charge on any atom is 0.213 e. The Balaban J connectivity index is 1.90. The molecule has 1 atom stereocenters. The van der Waals surface area contributed by atoms with Gasteiger partial charge in [-0.3, -0.25) is 0 Å². The molecular weight excluding hydrogens is 276 g/mol. The molecule has 0 spiro atoms. The van der Waals surface area contributed by atoms with Gasteiger partial charge in [-0.2, -0.15) is 5.48 Å². The van der Waals surface area contributed by atoms with Crippen molar-refractivity contribution in [3.05, 3.63) is 59.3 Å². The van der Waals surface area contributed by atoms with Gasteiger partial charge in [0, 0.05) is 18.7 Å². The summed E-state index contributed by atoms with van der Waals surface area (Å²) < 4.78 is 5.63. The molecule has 2 aromatic rings. The molecule has 0 aliphatic rings. The number of aryl methyl sites for hydroxylation is 1. The zero-order valence-corrected chi connectivity index (χ0v) is 12.0. The molecule has 1 unspecified atom stereocenters. The van der Waals surface area contributed by atoms with Crippen molar-refractivity contribution in [2.75, 3.05) is 0 Å². The molecule has 2 N–H and O–H groups in total. The van der Waals surface area contributed by atoms with E-state index in [1.807, 2.05) is 48.8 Å². The first kappa shape index (κ1) is 14.8. The van der Waals surface area contributed by atoms with Crippen molar-refractivity contribution in [1.82, 2.24) is 10.5 Å². The number of ether oxygens (including phenoxy) is 1. The summed E-state index contributed by atoms with van der Waals surface area (Å²) in [6.07, 6.45) is 2.29. The Bertz CT molecular complexity index is 546. The van der Waals surface area contributed by atoms with E-state index in [-0.39, 0.29) is 0 Å². The van der Waals surface area contributed by atoms with E-state index < -0.39 is 5.50 Å². The molecule has 1 aromatic heterocycles. The lowest BCUT2D eigenvalue weighted by atomic mass is 10.1. The van der Waals surface area contributed by atoms with E-state index in [4.69, 9.17) is 21.5 Å². The van der Waals surface area contributed by atoms with Crippen LogP contribution in [0.15, 0.2) is 42.6 Å². The van der Waals surface area contributed by atoms with E-state index in [1.165, 1.54) is 0 Å². The van der Waals surface area contributed by atoms with Gasteiger partial charge < -0.3 is 9.94 Å². The number of benzene rings is 1. The number of alkyl halides is 1. The molecule has 0 radical (unpaired) electrons. The Hall–Kier alpha value is -1.62. The first-order chi connectivity index (χ1) is 9.67. The van der Waals surface area contributed by atoms with E-state index in [9.17, 15) is 0 Å². The van der Waals surface area contributed by atoms with E-state index in [1.54, 1.807) is 6.20 Å². The predicted molar refractivity (Wildman–Crippen MR) is 78.0 cm³/mol. The lowest BCUT2D eigenvalue weighted by molar-refractivity contribution is 0.154. The summed E-state index contributed by atoms with van der Waals surface area (Å²) in [7, 11) is 0. The molecule has 0 saturated carbocycles. The molecule has 106 valence electrons. The summed E-state index contributed by atoms with van der Waals surface area (Å²) in [6.45, 7) is 2.47. The minimum Gasteiger partial charge on any atom is -0.473 e. The van der Waals surface area contributed by atoms with Crippen LogP contribution in [0.4, 0.5) is 0 Å². The normalized spacial score (nSPS) is 12.2. The molecule has 4 nitrogen and oxygen atoms in total. The Kier molecular flexibility index (Phi) is 5.35. The summed E-state index contributed by atoms with van der Waals surface area (Å²) in [5.74, 6) is 0.624. The van der Waals surface area contributed by atoms with Gasteiger partial charge in [0.25, 0.3) is 0 Å². The molecule has 1 heterocycles. The van der Waals surface area contributed by atoms with Crippen molar-refractivity contribution >= 4 is 11.6 Å². The predicted octanol–water partition coefficient (Wildman–Crippen LogP) is 3.06. The molecule has 0 saturated heterocycles. The number of aromatic nitrogens is 1. The van der Waals surface area contributed by atoms with Crippen LogP contribution in [0.5, 0.6) is 5.88 Å². The second-order valence-corrected chi connectivity index (χ2v) is 5.10. The third kappa shape index (κ3) is 4.49. The van der Waals surface area contributed by atoms with Gasteiger partial charge in [-0.05, 0) is 29.7 Å². The van der Waals surface area contributed by atoms with Crippen LogP contribution in [-0.2, 0) is 13.0 Å². The van der Waals surface area contributed by atoms with E-state index >= 15 is 0 Å². The lowest BCUT2D eigenvalue weighted by Crippen LogP contribution is -2.21. The average molecular weight is 293 g/mol. The molecule has 0 amide bonds. The van der Waals surface area contributed by atoms with Crippen LogP contribution in [0, 0.1) is 6.92 Å². The number of nitrogens with zero attached hydrogens (tertiary/aromatic N) is 1. The minimum atomic E-state index is -0.478. The average Bonchev–Trinajstić information content (AvgIpc) is 2.46. The number of pyridine rings is 1. The summed E-state index contributed by atoms with van der Waals surface area (Å²) in [4.78, 5) is 4.15. The number of hydroxylamine groups is 1. The fourth-order valence-electron chi connectivity index (χ4n) is 1.77. The third-order valence-electron chi connectivity index (χ3n) is 2.86. The molecular formula is C15H17ClN2O2. The maximum atomic E-state index is 8.67. The first-order valence-corrected chi connectivity index (χ1v) is 6.78. The highest BCUT2D eigenvalue weighted by atomic mass is 35.5. The van der Waals surface area contributed by atoms with Gasteiger partial charge in [-0.1, -0.05) is 24.3 Å². The number of nitrogens with one attached hydrogen (secondary N) is 1. The number of hydrogen-bond acceptors (Lipinski definition) is 4. The fourth-order valence-corrected chi connectivity index (χ4v) is 1.95. The van der Waals surface area contributed by atoms with Crippen molar-refractivity contribution in [3.63, 3.8) is 0 Å². The Labute approximate surface area is 123 Å². The maximum absolute atomic E-state index is 8.67. The number of rotatable bonds is 6. The highest BCUT2D eigenvalue weighted by Gasteiger charge is 2.04. The summed E-state index contributed by atoms with van der Waals surface area (Å²) in [5, 5.41) is 8.67. The van der Waals surface area contributed by atoms with Crippen LogP contribution in [0.3, 0.4) is 0 Å². The van der Waals surface area contributed by atoms with Gasteiger partial charge in [0.1, 0.15) is 12.1 Å². The molecule has 20 heavy (non-hydrogen) atoms. The smallest absolute Gasteiger partial charge is 0.213 e. The van der Waals surface area contributed by atoms with Crippen LogP contribution < -0.4 is 10.2 Å². The van der Waals surface area contributed by atoms with Crippen LogP contribution in [0.2, 0.25) is 0 Å². The quantitative estimate of drug-likeness (QED) is 0.488. The van der Waals surface area contributed by atoms with Crippen molar-refractivity contribution in [1.29, 1.82) is 0 Å². The molecule has 5 heteroatoms. The highest BCUT2D eigenvalue weighted by Crippen LogP contribution is 2.13. The Morgan fingerprint density at radius 2 is 1.95 bits per heavy atom. The summed E-state index contributed by atoms with van der Waals surface area (Å²) >= 11 is 5.80. The van der Waals surface area contributed by atoms with Gasteiger partial charge in [-0.25, -0.2) is 4.98 Å². The Morgan fingerprint density at radius 3 is 2.60 bits per heavy atom. The first-order valence-electron chi connectivity index (χ1n) is 6.34. The zero-order valence-electron chi connectivity index (χ0n) is 11.2. The lowest BCUT2D eigenvalue weighted by Gasteiger charge is -2.09. The van der Waals surface area contributed by atoms with Crippen molar-refractivity contribution in [3.8, 4) is 5.88 Å². The fraction of sp³-hybridized carbons (Fsp3) is 0.267. The van der Waals surface area contributed by atoms with E-state index in [0.29, 0.717) is 18.9 Å². The third-order valence-corrected chi connectivity index (χ3v) is 3.11. The molecule has 0 bridgehead atoms. The van der Waals surface area contributed by atoms with Crippen molar-refractivity contribution in [2.45, 2.75) is 25.5 Å².